The van der Waals surface area contributed by atoms with E-state index >= 15 is 0 Å². The van der Waals surface area contributed by atoms with Crippen molar-refractivity contribution in [1.29, 1.82) is 0 Å². The molecule has 0 aromatic rings. The Morgan fingerprint density at radius 2 is 0.494 bits per heavy atom. The van der Waals surface area contributed by atoms with Gasteiger partial charge in [0.1, 0.15) is 13.2 Å². The van der Waals surface area contributed by atoms with Gasteiger partial charge in [0.05, 0.1) is 0 Å². The molecule has 0 saturated heterocycles. The minimum absolute atomic E-state index is 0.0960. The zero-order valence-electron chi connectivity index (χ0n) is 51.3. The Labute approximate surface area is 487 Å². The SMILES string of the molecule is CC/C=C\C/C=C\C/C=C\C/C=C\C/C=C\CCCCCCCCCCCCCCCCCC(=O)OCC(COC(=O)CCCCCCC/C=C\CCCC)OC(=O)CCCCC/C=C\C/C=C\C/C=C\C/C=C\C/C=C\CC. The first kappa shape index (κ1) is 74.5. The van der Waals surface area contributed by atoms with Crippen LogP contribution in [0.3, 0.4) is 0 Å². The first-order valence-electron chi connectivity index (χ1n) is 32.7. The van der Waals surface area contributed by atoms with Crippen molar-refractivity contribution < 1.29 is 28.6 Å². The molecule has 0 heterocycles. The smallest absolute Gasteiger partial charge is 0.306 e. The topological polar surface area (TPSA) is 78.9 Å². The van der Waals surface area contributed by atoms with Gasteiger partial charge in [-0.05, 0) is 128 Å². The third-order valence-electron chi connectivity index (χ3n) is 13.6. The molecule has 0 aromatic heterocycles. The lowest BCUT2D eigenvalue weighted by Gasteiger charge is -2.18. The Bertz CT molecular complexity index is 1680. The standard InChI is InChI=1S/C73H120O6/c1-4-7-10-13-16-19-22-24-26-28-30-31-32-33-34-35-36-37-38-39-40-41-43-44-46-48-51-54-57-60-63-66-72(75)78-69-70(68-77-71(74)65-62-59-56-53-50-21-18-15-12-9-6-3)79-73(76)67-64-61-58-55-52-49-47-45-42-29-27-25-23-20-17-14-11-8-5-2/h7-8,10-11,15-20,24-27,30-31,33-34,42,45,49,52,70H,4-6,9,12-14,21-23,28-29,32,35-41,43-44,46-48,50-51,53-69H2,1-3H3/b10-7-,11-8-,18-15-,19-16-,20-17-,26-24-,27-25-,31-30-,34-33-,45-42-,52-49-. The Hall–Kier alpha value is -4.45. The molecule has 1 unspecified atom stereocenters. The minimum atomic E-state index is -0.803. The summed E-state index contributed by atoms with van der Waals surface area (Å²) in [5, 5.41) is 0. The van der Waals surface area contributed by atoms with E-state index in [2.05, 4.69) is 154 Å². The van der Waals surface area contributed by atoms with Gasteiger partial charge in [0.25, 0.3) is 0 Å². The van der Waals surface area contributed by atoms with Crippen molar-refractivity contribution in [1.82, 2.24) is 0 Å². The van der Waals surface area contributed by atoms with Crippen LogP contribution in [0.15, 0.2) is 134 Å². The first-order chi connectivity index (χ1) is 39.0. The molecule has 79 heavy (non-hydrogen) atoms. The normalized spacial score (nSPS) is 13.0. The molecule has 6 nitrogen and oxygen atoms in total. The highest BCUT2D eigenvalue weighted by atomic mass is 16.6. The number of carbonyl (C=O) groups excluding carboxylic acids is 3. The zero-order chi connectivity index (χ0) is 57.1. The van der Waals surface area contributed by atoms with Crippen molar-refractivity contribution in [2.75, 3.05) is 13.2 Å². The number of carbonyl (C=O) groups is 3. The second kappa shape index (κ2) is 66.1. The van der Waals surface area contributed by atoms with Crippen LogP contribution in [0, 0.1) is 0 Å². The second-order valence-corrected chi connectivity index (χ2v) is 21.3. The Kier molecular flexibility index (Phi) is 62.3. The van der Waals surface area contributed by atoms with Crippen LogP contribution in [0.1, 0.15) is 290 Å². The van der Waals surface area contributed by atoms with Crippen molar-refractivity contribution >= 4 is 17.9 Å². The van der Waals surface area contributed by atoms with Crippen molar-refractivity contribution in [3.8, 4) is 0 Å². The van der Waals surface area contributed by atoms with E-state index in [0.29, 0.717) is 12.8 Å². The molecule has 0 aliphatic heterocycles. The molecule has 0 fully saturated rings. The lowest BCUT2D eigenvalue weighted by molar-refractivity contribution is -0.167. The number of hydrogen-bond donors (Lipinski definition) is 0. The van der Waals surface area contributed by atoms with Crippen LogP contribution in [-0.4, -0.2) is 37.2 Å². The fourth-order valence-electron chi connectivity index (χ4n) is 8.77. The molecule has 0 rings (SSSR count). The Morgan fingerprint density at radius 1 is 0.266 bits per heavy atom. The molecule has 448 valence electrons. The van der Waals surface area contributed by atoms with Crippen molar-refractivity contribution in [2.45, 2.75) is 297 Å². The van der Waals surface area contributed by atoms with E-state index in [4.69, 9.17) is 14.2 Å². The van der Waals surface area contributed by atoms with Gasteiger partial charge >= 0.3 is 17.9 Å². The molecule has 0 aliphatic rings. The quantitative estimate of drug-likeness (QED) is 0.0261. The van der Waals surface area contributed by atoms with Crippen LogP contribution in [0.2, 0.25) is 0 Å². The van der Waals surface area contributed by atoms with Crippen LogP contribution in [0.25, 0.3) is 0 Å². The number of esters is 3. The predicted octanol–water partition coefficient (Wildman–Crippen LogP) is 22.5. The van der Waals surface area contributed by atoms with E-state index < -0.39 is 6.10 Å². The lowest BCUT2D eigenvalue weighted by atomic mass is 10.0. The summed E-state index contributed by atoms with van der Waals surface area (Å²) in [5.74, 6) is -0.936. The average Bonchev–Trinajstić information content (AvgIpc) is 3.45. The predicted molar refractivity (Wildman–Crippen MR) is 343 cm³/mol. The van der Waals surface area contributed by atoms with Gasteiger partial charge < -0.3 is 14.2 Å². The summed E-state index contributed by atoms with van der Waals surface area (Å²) in [4.78, 5) is 38.3. The highest BCUT2D eigenvalue weighted by molar-refractivity contribution is 5.71. The van der Waals surface area contributed by atoms with Crippen LogP contribution in [0.5, 0.6) is 0 Å². The second-order valence-electron chi connectivity index (χ2n) is 21.3. The summed E-state index contributed by atoms with van der Waals surface area (Å²) in [5.41, 5.74) is 0. The van der Waals surface area contributed by atoms with Crippen LogP contribution >= 0.6 is 0 Å². The average molecular weight is 1090 g/mol. The maximum Gasteiger partial charge on any atom is 0.306 e. The molecule has 0 radical (unpaired) electrons. The molecule has 0 N–H and O–H groups in total. The fraction of sp³-hybridized carbons (Fsp3) is 0.658. The lowest BCUT2D eigenvalue weighted by Crippen LogP contribution is -2.30. The third-order valence-corrected chi connectivity index (χ3v) is 13.6. The third kappa shape index (κ3) is 64.3. The van der Waals surface area contributed by atoms with E-state index in [1.54, 1.807) is 0 Å². The molecule has 1 atom stereocenters. The maximum absolute atomic E-state index is 12.9. The van der Waals surface area contributed by atoms with Gasteiger partial charge in [-0.2, -0.15) is 0 Å². The van der Waals surface area contributed by atoms with Crippen LogP contribution in [-0.2, 0) is 28.6 Å². The van der Waals surface area contributed by atoms with Gasteiger partial charge in [-0.3, -0.25) is 14.4 Å². The van der Waals surface area contributed by atoms with E-state index in [1.807, 2.05) is 0 Å². The number of unbranched alkanes of at least 4 members (excludes halogenated alkanes) is 25. The Balaban J connectivity index is 4.25. The molecule has 0 saturated carbocycles. The highest BCUT2D eigenvalue weighted by Crippen LogP contribution is 2.16. The number of hydrogen-bond acceptors (Lipinski definition) is 6. The fourth-order valence-corrected chi connectivity index (χ4v) is 8.77. The van der Waals surface area contributed by atoms with Gasteiger partial charge in [-0.1, -0.05) is 276 Å². The molecule has 0 spiro atoms. The molecule has 6 heteroatoms. The summed E-state index contributed by atoms with van der Waals surface area (Å²) in [6, 6.07) is 0. The molecule has 0 amide bonds. The minimum Gasteiger partial charge on any atom is -0.462 e. The molecule has 0 bridgehead atoms. The van der Waals surface area contributed by atoms with E-state index in [0.717, 1.165) is 141 Å². The molecule has 0 aromatic carbocycles. The maximum atomic E-state index is 12.9. The summed E-state index contributed by atoms with van der Waals surface area (Å²) < 4.78 is 16.9. The van der Waals surface area contributed by atoms with E-state index in [-0.39, 0.29) is 37.5 Å². The molecular weight excluding hydrogens is 973 g/mol. The van der Waals surface area contributed by atoms with Crippen LogP contribution < -0.4 is 0 Å². The van der Waals surface area contributed by atoms with E-state index in [9.17, 15) is 14.4 Å². The monoisotopic (exact) mass is 1090 g/mol. The summed E-state index contributed by atoms with van der Waals surface area (Å²) in [6.07, 6.45) is 93.3. The van der Waals surface area contributed by atoms with Crippen molar-refractivity contribution in [2.24, 2.45) is 0 Å². The van der Waals surface area contributed by atoms with Gasteiger partial charge in [0.2, 0.25) is 0 Å². The summed E-state index contributed by atoms with van der Waals surface area (Å²) >= 11 is 0. The van der Waals surface area contributed by atoms with Crippen molar-refractivity contribution in [3.63, 3.8) is 0 Å². The van der Waals surface area contributed by atoms with Gasteiger partial charge in [-0.15, -0.1) is 0 Å². The first-order valence-corrected chi connectivity index (χ1v) is 32.7. The van der Waals surface area contributed by atoms with Gasteiger partial charge in [0, 0.05) is 19.3 Å². The largest absolute Gasteiger partial charge is 0.462 e. The molecular formula is C73H120O6. The van der Waals surface area contributed by atoms with E-state index in [1.165, 1.54) is 109 Å². The number of rotatable bonds is 58. The Morgan fingerprint density at radius 3 is 0.797 bits per heavy atom. The highest BCUT2D eigenvalue weighted by Gasteiger charge is 2.19. The molecule has 0 aliphatic carbocycles. The van der Waals surface area contributed by atoms with Gasteiger partial charge in [0.15, 0.2) is 6.10 Å². The van der Waals surface area contributed by atoms with Gasteiger partial charge in [-0.25, -0.2) is 0 Å². The van der Waals surface area contributed by atoms with Crippen LogP contribution in [0.4, 0.5) is 0 Å². The summed E-state index contributed by atoms with van der Waals surface area (Å²) in [7, 11) is 0. The number of allylic oxidation sites excluding steroid dienone is 22. The number of ether oxygens (including phenoxy) is 3. The summed E-state index contributed by atoms with van der Waals surface area (Å²) in [6.45, 7) is 6.35. The zero-order valence-corrected chi connectivity index (χ0v) is 51.3. The van der Waals surface area contributed by atoms with Crippen molar-refractivity contribution in [3.05, 3.63) is 134 Å².